The Morgan fingerprint density at radius 3 is 2.15 bits per heavy atom. The number of hydrogen-bond acceptors (Lipinski definition) is 3. The van der Waals surface area contributed by atoms with E-state index in [1.165, 1.54) is 38.8 Å². The molecule has 0 amide bonds. The van der Waals surface area contributed by atoms with Gasteiger partial charge in [0.05, 0.1) is 43.7 Å². The van der Waals surface area contributed by atoms with Crippen LogP contribution < -0.4 is 0 Å². The molecule has 3 aliphatic rings. The monoisotopic (exact) mass is 301 g/mol. The number of nitrogens with zero attached hydrogens (tertiary/aromatic N) is 2. The average Bonchev–Trinajstić information content (AvgIpc) is 2.74. The summed E-state index contributed by atoms with van der Waals surface area (Å²) in [7, 11) is -2.75. The summed E-state index contributed by atoms with van der Waals surface area (Å²) in [6.07, 6.45) is 5.22. The molecule has 3 unspecified atom stereocenters. The van der Waals surface area contributed by atoms with E-state index in [1.54, 1.807) is 0 Å². The van der Waals surface area contributed by atoms with Crippen LogP contribution in [0.5, 0.6) is 0 Å². The van der Waals surface area contributed by atoms with E-state index in [4.69, 9.17) is 0 Å². The van der Waals surface area contributed by atoms with Gasteiger partial charge < -0.3 is 4.48 Å². The van der Waals surface area contributed by atoms with Crippen LogP contribution in [0.4, 0.5) is 0 Å². The molecule has 3 rings (SSSR count). The lowest BCUT2D eigenvalue weighted by Crippen LogP contribution is -2.65. The standard InChI is InChI=1S/C15H29N2O2S/c1-13-5-6-14(2)16(13)15-4-3-7-17(12-15)8-10-20(18,19)11-9-17/h13-15H,3-12H2,1-2H3/q+1. The first-order chi connectivity index (χ1) is 9.41. The molecule has 3 aliphatic heterocycles. The SMILES string of the molecule is CC1CCC(C)N1C1CCC[N+]2(CCS(=O)(=O)CC2)C1. The molecule has 0 aromatic heterocycles. The minimum Gasteiger partial charge on any atom is -0.321 e. The Labute approximate surface area is 123 Å². The summed E-state index contributed by atoms with van der Waals surface area (Å²) in [5.41, 5.74) is 0. The molecule has 0 bridgehead atoms. The van der Waals surface area contributed by atoms with Crippen LogP contribution in [0.1, 0.15) is 39.5 Å². The fourth-order valence-corrected chi connectivity index (χ4v) is 6.29. The van der Waals surface area contributed by atoms with E-state index in [9.17, 15) is 8.42 Å². The predicted octanol–water partition coefficient (Wildman–Crippen LogP) is 1.27. The van der Waals surface area contributed by atoms with Crippen LogP contribution in [0.25, 0.3) is 0 Å². The number of sulfone groups is 1. The molecule has 0 N–H and O–H groups in total. The lowest BCUT2D eigenvalue weighted by Gasteiger charge is -2.49. The van der Waals surface area contributed by atoms with Gasteiger partial charge in [-0.2, -0.15) is 0 Å². The first-order valence-corrected chi connectivity index (χ1v) is 10.1. The van der Waals surface area contributed by atoms with Crippen molar-refractivity contribution in [2.24, 2.45) is 0 Å². The highest BCUT2D eigenvalue weighted by Gasteiger charge is 2.44. The second kappa shape index (κ2) is 5.25. The molecule has 3 atom stereocenters. The molecule has 0 aromatic carbocycles. The Morgan fingerprint density at radius 2 is 1.55 bits per heavy atom. The third kappa shape index (κ3) is 2.77. The Bertz CT molecular complexity index is 438. The van der Waals surface area contributed by atoms with Crippen molar-refractivity contribution in [3.05, 3.63) is 0 Å². The number of piperidine rings is 1. The van der Waals surface area contributed by atoms with Crippen molar-refractivity contribution in [2.45, 2.75) is 57.7 Å². The number of quaternary nitrogens is 1. The second-order valence-corrected chi connectivity index (χ2v) is 9.67. The van der Waals surface area contributed by atoms with Gasteiger partial charge in [-0.15, -0.1) is 0 Å². The first kappa shape index (κ1) is 14.8. The largest absolute Gasteiger partial charge is 0.321 e. The third-order valence-electron chi connectivity index (χ3n) is 5.96. The summed E-state index contributed by atoms with van der Waals surface area (Å²) in [6.45, 7) is 8.82. The normalized spacial score (nSPS) is 41.0. The summed E-state index contributed by atoms with van der Waals surface area (Å²) in [6, 6.07) is 2.10. The molecule has 0 saturated carbocycles. The van der Waals surface area contributed by atoms with Crippen molar-refractivity contribution in [3.8, 4) is 0 Å². The van der Waals surface area contributed by atoms with Gasteiger partial charge in [0.1, 0.15) is 0 Å². The summed E-state index contributed by atoms with van der Waals surface area (Å²) in [4.78, 5) is 2.74. The molecule has 20 heavy (non-hydrogen) atoms. The fraction of sp³-hybridized carbons (Fsp3) is 1.00. The molecule has 0 radical (unpaired) electrons. The van der Waals surface area contributed by atoms with E-state index in [-0.39, 0.29) is 0 Å². The number of likely N-dealkylation sites (tertiary alicyclic amines) is 1. The number of hydrogen-bond donors (Lipinski definition) is 0. The minimum atomic E-state index is -2.75. The van der Waals surface area contributed by atoms with Gasteiger partial charge in [-0.1, -0.05) is 0 Å². The van der Waals surface area contributed by atoms with Gasteiger partial charge in [0.25, 0.3) is 0 Å². The van der Waals surface area contributed by atoms with Gasteiger partial charge in [-0.05, 0) is 39.5 Å². The van der Waals surface area contributed by atoms with E-state index < -0.39 is 9.84 Å². The minimum absolute atomic E-state index is 0.408. The molecule has 0 aliphatic carbocycles. The van der Waals surface area contributed by atoms with E-state index >= 15 is 0 Å². The van der Waals surface area contributed by atoms with Gasteiger partial charge in [0.2, 0.25) is 0 Å². The van der Waals surface area contributed by atoms with Crippen LogP contribution >= 0.6 is 0 Å². The van der Waals surface area contributed by atoms with Gasteiger partial charge in [-0.25, -0.2) is 8.42 Å². The third-order valence-corrected chi connectivity index (χ3v) is 7.57. The van der Waals surface area contributed by atoms with E-state index in [0.29, 0.717) is 29.6 Å². The molecular weight excluding hydrogens is 272 g/mol. The summed E-state index contributed by atoms with van der Waals surface area (Å²) < 4.78 is 24.5. The Kier molecular flexibility index (Phi) is 3.89. The van der Waals surface area contributed by atoms with Crippen LogP contribution in [0, 0.1) is 0 Å². The molecule has 4 nitrogen and oxygen atoms in total. The van der Waals surface area contributed by atoms with Crippen molar-refractivity contribution in [3.63, 3.8) is 0 Å². The maximum atomic E-state index is 11.7. The van der Waals surface area contributed by atoms with Crippen LogP contribution in [0.2, 0.25) is 0 Å². The zero-order chi connectivity index (χ0) is 14.4. The lowest BCUT2D eigenvalue weighted by molar-refractivity contribution is -0.931. The topological polar surface area (TPSA) is 37.4 Å². The Hall–Kier alpha value is -0.130. The molecular formula is C15H29N2O2S+. The van der Waals surface area contributed by atoms with Crippen LogP contribution in [0.15, 0.2) is 0 Å². The van der Waals surface area contributed by atoms with E-state index in [0.717, 1.165) is 17.6 Å². The lowest BCUT2D eigenvalue weighted by atomic mass is 9.99. The predicted molar refractivity (Wildman–Crippen MR) is 81.4 cm³/mol. The van der Waals surface area contributed by atoms with E-state index in [1.807, 2.05) is 0 Å². The Morgan fingerprint density at radius 1 is 0.950 bits per heavy atom. The zero-order valence-corrected chi connectivity index (χ0v) is 13.7. The highest BCUT2D eigenvalue weighted by atomic mass is 32.2. The Balaban J connectivity index is 1.71. The molecule has 3 heterocycles. The molecule has 5 heteroatoms. The van der Waals surface area contributed by atoms with E-state index in [2.05, 4.69) is 18.7 Å². The van der Waals surface area contributed by atoms with Crippen LogP contribution in [-0.2, 0) is 9.84 Å². The second-order valence-electron chi connectivity index (χ2n) is 7.37. The van der Waals surface area contributed by atoms with Crippen molar-refractivity contribution in [1.82, 2.24) is 4.90 Å². The fourth-order valence-electron chi connectivity index (χ4n) is 4.76. The summed E-state index contributed by atoms with van der Waals surface area (Å²) in [5.74, 6) is 0.815. The van der Waals surface area contributed by atoms with Crippen LogP contribution in [-0.4, -0.2) is 73.6 Å². The van der Waals surface area contributed by atoms with Gasteiger partial charge in [0, 0.05) is 12.1 Å². The van der Waals surface area contributed by atoms with Gasteiger partial charge >= 0.3 is 0 Å². The van der Waals surface area contributed by atoms with Crippen LogP contribution in [0.3, 0.4) is 0 Å². The molecule has 3 fully saturated rings. The van der Waals surface area contributed by atoms with Gasteiger partial charge in [-0.3, -0.25) is 4.90 Å². The van der Waals surface area contributed by atoms with Crippen molar-refractivity contribution < 1.29 is 12.9 Å². The summed E-state index contributed by atoms with van der Waals surface area (Å²) in [5, 5.41) is 0. The van der Waals surface area contributed by atoms with Crippen molar-refractivity contribution in [2.75, 3.05) is 37.7 Å². The smallest absolute Gasteiger partial charge is 0.161 e. The summed E-state index contributed by atoms with van der Waals surface area (Å²) >= 11 is 0. The maximum Gasteiger partial charge on any atom is 0.161 e. The van der Waals surface area contributed by atoms with Gasteiger partial charge in [0.15, 0.2) is 9.84 Å². The molecule has 116 valence electrons. The highest BCUT2D eigenvalue weighted by Crippen LogP contribution is 2.32. The quantitative estimate of drug-likeness (QED) is 0.685. The van der Waals surface area contributed by atoms with Crippen molar-refractivity contribution >= 4 is 9.84 Å². The zero-order valence-electron chi connectivity index (χ0n) is 12.9. The molecule has 1 spiro atoms. The molecule has 0 aromatic rings. The maximum absolute atomic E-state index is 11.7. The number of rotatable bonds is 1. The molecule has 3 saturated heterocycles. The highest BCUT2D eigenvalue weighted by molar-refractivity contribution is 7.91. The average molecular weight is 301 g/mol. The first-order valence-electron chi connectivity index (χ1n) is 8.24. The van der Waals surface area contributed by atoms with Crippen molar-refractivity contribution in [1.29, 1.82) is 0 Å².